The average Bonchev–Trinajstić information content (AvgIpc) is 2.60. The van der Waals surface area contributed by atoms with E-state index in [0.717, 1.165) is 16.7 Å². The Morgan fingerprint density at radius 1 is 1.20 bits per heavy atom. The fourth-order valence-electron chi connectivity index (χ4n) is 2.59. The minimum absolute atomic E-state index is 0.0286. The molecule has 134 valence electrons. The van der Waals surface area contributed by atoms with Crippen LogP contribution in [0.2, 0.25) is 0 Å². The van der Waals surface area contributed by atoms with Crippen LogP contribution in [0.1, 0.15) is 16.7 Å². The number of aliphatic hydroxyl groups excluding tert-OH is 1. The summed E-state index contributed by atoms with van der Waals surface area (Å²) >= 11 is 0. The molecule has 1 atom stereocenters. The van der Waals surface area contributed by atoms with E-state index in [2.05, 4.69) is 5.32 Å². The summed E-state index contributed by atoms with van der Waals surface area (Å²) in [6.45, 7) is 1.73. The zero-order valence-corrected chi connectivity index (χ0v) is 14.4. The molecule has 0 radical (unpaired) electrons. The monoisotopic (exact) mass is 345 g/mol. The van der Waals surface area contributed by atoms with E-state index < -0.39 is 12.1 Å². The highest BCUT2D eigenvalue weighted by atomic mass is 16.5. The zero-order chi connectivity index (χ0) is 18.2. The van der Waals surface area contributed by atoms with Crippen LogP contribution in [0, 0.1) is 6.92 Å². The molecular formula is C19H23NO5. The van der Waals surface area contributed by atoms with Crippen LogP contribution in [0.15, 0.2) is 42.5 Å². The summed E-state index contributed by atoms with van der Waals surface area (Å²) in [5, 5.41) is 22.1. The standard InChI is InChI=1S/C19H23NO5/c1-13-8-15(10-17(22)18(13)24-2)9-16(11-21)20-19(23)25-12-14-6-4-3-5-7-14/h3-8,10,16,21-22H,9,11-12H2,1-2H3,(H,20,23)/t16-/m0/s1. The van der Waals surface area contributed by atoms with Crippen LogP contribution in [0.4, 0.5) is 4.79 Å². The molecule has 0 aliphatic heterocycles. The van der Waals surface area contributed by atoms with E-state index in [1.165, 1.54) is 7.11 Å². The van der Waals surface area contributed by atoms with Gasteiger partial charge in [-0.3, -0.25) is 0 Å². The van der Waals surface area contributed by atoms with Gasteiger partial charge in [-0.1, -0.05) is 36.4 Å². The van der Waals surface area contributed by atoms with Crippen LogP contribution >= 0.6 is 0 Å². The quantitative estimate of drug-likeness (QED) is 0.718. The van der Waals surface area contributed by atoms with Gasteiger partial charge < -0.3 is 25.0 Å². The molecule has 6 heteroatoms. The third-order valence-corrected chi connectivity index (χ3v) is 3.76. The molecule has 0 saturated heterocycles. The van der Waals surface area contributed by atoms with Gasteiger partial charge in [0.2, 0.25) is 0 Å². The number of aromatic hydroxyl groups is 1. The number of alkyl carbamates (subject to hydrolysis) is 1. The SMILES string of the molecule is COc1c(C)cc(C[C@@H](CO)NC(=O)OCc2ccccc2)cc1O. The molecule has 25 heavy (non-hydrogen) atoms. The maximum Gasteiger partial charge on any atom is 0.407 e. The highest BCUT2D eigenvalue weighted by Crippen LogP contribution is 2.31. The molecule has 2 rings (SSSR count). The van der Waals surface area contributed by atoms with Crippen molar-refractivity contribution in [3.63, 3.8) is 0 Å². The van der Waals surface area contributed by atoms with E-state index in [-0.39, 0.29) is 19.0 Å². The van der Waals surface area contributed by atoms with Gasteiger partial charge >= 0.3 is 6.09 Å². The molecule has 0 aromatic heterocycles. The van der Waals surface area contributed by atoms with E-state index in [1.54, 1.807) is 6.07 Å². The number of aryl methyl sites for hydroxylation is 1. The lowest BCUT2D eigenvalue weighted by molar-refractivity contribution is 0.129. The lowest BCUT2D eigenvalue weighted by Gasteiger charge is -2.17. The van der Waals surface area contributed by atoms with E-state index in [4.69, 9.17) is 9.47 Å². The number of phenols is 1. The van der Waals surface area contributed by atoms with Crippen molar-refractivity contribution in [2.45, 2.75) is 26.0 Å². The Labute approximate surface area is 147 Å². The summed E-state index contributed by atoms with van der Waals surface area (Å²) < 4.78 is 10.3. The second-order valence-corrected chi connectivity index (χ2v) is 5.75. The lowest BCUT2D eigenvalue weighted by atomic mass is 10.0. The largest absolute Gasteiger partial charge is 0.504 e. The molecule has 2 aromatic carbocycles. The van der Waals surface area contributed by atoms with Crippen molar-refractivity contribution in [2.24, 2.45) is 0 Å². The second-order valence-electron chi connectivity index (χ2n) is 5.75. The highest BCUT2D eigenvalue weighted by molar-refractivity contribution is 5.67. The van der Waals surface area contributed by atoms with Crippen molar-refractivity contribution >= 4 is 6.09 Å². The molecule has 1 amide bonds. The summed E-state index contributed by atoms with van der Waals surface area (Å²) in [6, 6.07) is 12.2. The molecule has 0 bridgehead atoms. The summed E-state index contributed by atoms with van der Waals surface area (Å²) in [4.78, 5) is 11.9. The van der Waals surface area contributed by atoms with Crippen molar-refractivity contribution in [1.82, 2.24) is 5.32 Å². The Kier molecular flexibility index (Phi) is 6.65. The normalized spacial score (nSPS) is 11.6. The Balaban J connectivity index is 1.92. The number of carbonyl (C=O) groups is 1. The van der Waals surface area contributed by atoms with E-state index in [9.17, 15) is 15.0 Å². The van der Waals surface area contributed by atoms with Crippen molar-refractivity contribution < 1.29 is 24.5 Å². The van der Waals surface area contributed by atoms with Gasteiger partial charge in [0.05, 0.1) is 19.8 Å². The van der Waals surface area contributed by atoms with Gasteiger partial charge in [-0.05, 0) is 36.1 Å². The van der Waals surface area contributed by atoms with Gasteiger partial charge in [0.25, 0.3) is 0 Å². The number of hydrogen-bond donors (Lipinski definition) is 3. The number of ether oxygens (including phenoxy) is 2. The van der Waals surface area contributed by atoms with Gasteiger partial charge in [0.1, 0.15) is 6.61 Å². The Hall–Kier alpha value is -2.73. The van der Waals surface area contributed by atoms with Crippen LogP contribution in [0.25, 0.3) is 0 Å². The van der Waals surface area contributed by atoms with Gasteiger partial charge in [-0.25, -0.2) is 4.79 Å². The number of aliphatic hydroxyl groups is 1. The van der Waals surface area contributed by atoms with Gasteiger partial charge in [0, 0.05) is 0 Å². The summed E-state index contributed by atoms with van der Waals surface area (Å²) in [5.74, 6) is 0.445. The average molecular weight is 345 g/mol. The molecular weight excluding hydrogens is 322 g/mol. The van der Waals surface area contributed by atoms with Crippen molar-refractivity contribution in [3.8, 4) is 11.5 Å². The predicted octanol–water partition coefficient (Wildman–Crippen LogP) is 2.54. The number of carbonyl (C=O) groups excluding carboxylic acids is 1. The minimum atomic E-state index is -0.600. The number of rotatable bonds is 7. The molecule has 3 N–H and O–H groups in total. The van der Waals surface area contributed by atoms with Gasteiger partial charge in [-0.15, -0.1) is 0 Å². The summed E-state index contributed by atoms with van der Waals surface area (Å²) in [5.41, 5.74) is 2.44. The maximum atomic E-state index is 11.9. The van der Waals surface area contributed by atoms with Crippen molar-refractivity contribution in [2.75, 3.05) is 13.7 Å². The summed E-state index contributed by atoms with van der Waals surface area (Å²) in [6.07, 6.45) is -0.243. The topological polar surface area (TPSA) is 88.0 Å². The Bertz CT molecular complexity index is 679. The first kappa shape index (κ1) is 18.6. The second kappa shape index (κ2) is 8.94. The van der Waals surface area contributed by atoms with E-state index in [0.29, 0.717) is 12.2 Å². The van der Waals surface area contributed by atoms with E-state index in [1.807, 2.05) is 43.3 Å². The third-order valence-electron chi connectivity index (χ3n) is 3.76. The van der Waals surface area contributed by atoms with E-state index >= 15 is 0 Å². The minimum Gasteiger partial charge on any atom is -0.504 e. The first-order chi connectivity index (χ1) is 12.0. The smallest absolute Gasteiger partial charge is 0.407 e. The molecule has 0 spiro atoms. The van der Waals surface area contributed by atoms with Gasteiger partial charge in [-0.2, -0.15) is 0 Å². The number of amides is 1. The van der Waals surface area contributed by atoms with Crippen LogP contribution in [-0.4, -0.2) is 36.1 Å². The molecule has 0 heterocycles. The van der Waals surface area contributed by atoms with Crippen LogP contribution < -0.4 is 10.1 Å². The lowest BCUT2D eigenvalue weighted by Crippen LogP contribution is -2.39. The Morgan fingerprint density at radius 2 is 1.92 bits per heavy atom. The first-order valence-electron chi connectivity index (χ1n) is 7.98. The highest BCUT2D eigenvalue weighted by Gasteiger charge is 2.15. The van der Waals surface area contributed by atoms with Gasteiger partial charge in [0.15, 0.2) is 11.5 Å². The molecule has 0 fully saturated rings. The number of nitrogens with one attached hydrogen (secondary N) is 1. The van der Waals surface area contributed by atoms with Crippen LogP contribution in [0.5, 0.6) is 11.5 Å². The molecule has 0 aliphatic rings. The third kappa shape index (κ3) is 5.39. The maximum absolute atomic E-state index is 11.9. The fourth-order valence-corrected chi connectivity index (χ4v) is 2.59. The number of phenolic OH excluding ortho intramolecular Hbond substituents is 1. The van der Waals surface area contributed by atoms with Crippen LogP contribution in [-0.2, 0) is 17.8 Å². The zero-order valence-electron chi connectivity index (χ0n) is 14.4. The number of benzene rings is 2. The molecule has 0 unspecified atom stereocenters. The molecule has 6 nitrogen and oxygen atoms in total. The Morgan fingerprint density at radius 3 is 2.52 bits per heavy atom. The summed E-state index contributed by atoms with van der Waals surface area (Å²) in [7, 11) is 1.49. The molecule has 0 saturated carbocycles. The fraction of sp³-hybridized carbons (Fsp3) is 0.316. The predicted molar refractivity (Wildman–Crippen MR) is 93.7 cm³/mol. The number of hydrogen-bond acceptors (Lipinski definition) is 5. The van der Waals surface area contributed by atoms with Crippen molar-refractivity contribution in [3.05, 3.63) is 59.2 Å². The van der Waals surface area contributed by atoms with Crippen molar-refractivity contribution in [1.29, 1.82) is 0 Å². The first-order valence-corrected chi connectivity index (χ1v) is 7.98. The van der Waals surface area contributed by atoms with Crippen LogP contribution in [0.3, 0.4) is 0 Å². The molecule has 0 aliphatic carbocycles. The number of methoxy groups -OCH3 is 1. The molecule has 2 aromatic rings.